The van der Waals surface area contributed by atoms with E-state index in [-0.39, 0.29) is 11.3 Å². The van der Waals surface area contributed by atoms with Crippen molar-refractivity contribution >= 4 is 8.32 Å². The number of hydrogen-bond acceptors (Lipinski definition) is 5. The van der Waals surface area contributed by atoms with Crippen LogP contribution in [0.4, 0.5) is 0 Å². The molecule has 1 unspecified atom stereocenters. The van der Waals surface area contributed by atoms with Crippen LogP contribution in [0.15, 0.2) is 0 Å². The quantitative estimate of drug-likeness (QED) is 0.284. The van der Waals surface area contributed by atoms with Crippen molar-refractivity contribution in [3.05, 3.63) is 0 Å². The molecule has 174 valence electrons. The van der Waals surface area contributed by atoms with Crippen molar-refractivity contribution in [2.24, 2.45) is 0 Å². The lowest BCUT2D eigenvalue weighted by atomic mass is 10.0. The Morgan fingerprint density at radius 3 is 2.07 bits per heavy atom. The molecule has 0 bridgehead atoms. The van der Waals surface area contributed by atoms with Gasteiger partial charge in [0.05, 0.1) is 25.4 Å². The number of aliphatic hydroxyl groups excluding tert-OH is 2. The normalized spacial score (nSPS) is 19.9. The van der Waals surface area contributed by atoms with E-state index in [0.29, 0.717) is 32.2 Å². The minimum atomic E-state index is -1.65. The van der Waals surface area contributed by atoms with Crippen LogP contribution in [0, 0.1) is 0 Å². The van der Waals surface area contributed by atoms with Crippen molar-refractivity contribution in [3.8, 4) is 0 Å². The van der Waals surface area contributed by atoms with Crippen LogP contribution in [0.2, 0.25) is 18.1 Å². The first-order valence-corrected chi connectivity index (χ1v) is 14.7. The number of unbranched alkanes of at least 4 members (excludes halogenated alkanes) is 4. The molecular formula is C23H48O5Si. The minimum Gasteiger partial charge on any atom is -0.414 e. The van der Waals surface area contributed by atoms with Crippen molar-refractivity contribution in [3.63, 3.8) is 0 Å². The first kappa shape index (κ1) is 27.1. The third-order valence-corrected chi connectivity index (χ3v) is 11.0. The van der Waals surface area contributed by atoms with Crippen LogP contribution >= 0.6 is 0 Å². The van der Waals surface area contributed by atoms with Crippen LogP contribution in [-0.4, -0.2) is 56.3 Å². The fourth-order valence-electron chi connectivity index (χ4n) is 3.50. The molecule has 0 aliphatic carbocycles. The highest BCUT2D eigenvalue weighted by Gasteiger charge is 2.38. The molecular weight excluding hydrogens is 384 g/mol. The van der Waals surface area contributed by atoms with E-state index in [1.54, 1.807) is 0 Å². The van der Waals surface area contributed by atoms with Gasteiger partial charge in [0.1, 0.15) is 0 Å². The fraction of sp³-hybridized carbons (Fsp3) is 1.00. The molecule has 3 atom stereocenters. The van der Waals surface area contributed by atoms with Gasteiger partial charge < -0.3 is 24.1 Å². The summed E-state index contributed by atoms with van der Waals surface area (Å²) >= 11 is 0. The van der Waals surface area contributed by atoms with Crippen LogP contribution < -0.4 is 0 Å². The predicted molar refractivity (Wildman–Crippen MR) is 122 cm³/mol. The Labute approximate surface area is 180 Å². The topological polar surface area (TPSA) is 68.2 Å². The highest BCUT2D eigenvalue weighted by Crippen LogP contribution is 2.37. The Morgan fingerprint density at radius 2 is 1.48 bits per heavy atom. The molecule has 1 rings (SSSR count). The van der Waals surface area contributed by atoms with Crippen LogP contribution in [0.25, 0.3) is 0 Å². The number of rotatable bonds is 14. The second-order valence-electron chi connectivity index (χ2n) is 10.3. The molecule has 5 nitrogen and oxygen atoms in total. The molecule has 0 aromatic carbocycles. The van der Waals surface area contributed by atoms with Gasteiger partial charge in [-0.2, -0.15) is 0 Å². The average molecular weight is 433 g/mol. The molecule has 0 saturated carbocycles. The van der Waals surface area contributed by atoms with Gasteiger partial charge in [-0.1, -0.05) is 52.9 Å². The molecule has 0 spiro atoms. The van der Waals surface area contributed by atoms with E-state index in [9.17, 15) is 10.2 Å². The summed E-state index contributed by atoms with van der Waals surface area (Å²) in [4.78, 5) is 0. The summed E-state index contributed by atoms with van der Waals surface area (Å²) in [6.45, 7) is 15.1. The highest BCUT2D eigenvalue weighted by atomic mass is 28.4. The summed E-state index contributed by atoms with van der Waals surface area (Å²) in [5.74, 6) is 0. The van der Waals surface area contributed by atoms with Gasteiger partial charge in [0.2, 0.25) is 0 Å². The molecule has 1 fully saturated rings. The molecule has 2 N–H and O–H groups in total. The van der Waals surface area contributed by atoms with Gasteiger partial charge in [-0.25, -0.2) is 0 Å². The zero-order valence-electron chi connectivity index (χ0n) is 19.9. The summed E-state index contributed by atoms with van der Waals surface area (Å²) in [6.07, 6.45) is 8.48. The second kappa shape index (κ2) is 13.4. The number of ether oxygens (including phenoxy) is 2. The molecule has 0 aromatic rings. The van der Waals surface area contributed by atoms with Crippen LogP contribution in [0.1, 0.15) is 91.9 Å². The van der Waals surface area contributed by atoms with Gasteiger partial charge in [-0.05, 0) is 50.7 Å². The van der Waals surface area contributed by atoms with Gasteiger partial charge in [0.25, 0.3) is 0 Å². The van der Waals surface area contributed by atoms with Crippen LogP contribution in [0.3, 0.4) is 0 Å². The Bertz CT molecular complexity index is 418. The summed E-state index contributed by atoms with van der Waals surface area (Å²) in [6, 6.07) is 0. The van der Waals surface area contributed by atoms with E-state index in [2.05, 4.69) is 40.8 Å². The van der Waals surface area contributed by atoms with Crippen molar-refractivity contribution in [1.29, 1.82) is 0 Å². The smallest absolute Gasteiger partial charge is 0.192 e. The van der Waals surface area contributed by atoms with Gasteiger partial charge in [0, 0.05) is 12.5 Å². The zero-order valence-corrected chi connectivity index (χ0v) is 20.9. The van der Waals surface area contributed by atoms with Crippen LogP contribution in [-0.2, 0) is 13.9 Å². The lowest BCUT2D eigenvalue weighted by Gasteiger charge is -2.38. The molecule has 1 aliphatic rings. The highest BCUT2D eigenvalue weighted by molar-refractivity contribution is 6.74. The Morgan fingerprint density at radius 1 is 0.931 bits per heavy atom. The molecule has 1 saturated heterocycles. The van der Waals surface area contributed by atoms with E-state index in [1.807, 2.05) is 0 Å². The van der Waals surface area contributed by atoms with Gasteiger partial charge in [-0.15, -0.1) is 0 Å². The molecule has 1 heterocycles. The second-order valence-corrected chi connectivity index (χ2v) is 15.1. The minimum absolute atomic E-state index is 0.270. The zero-order chi connectivity index (χ0) is 21.9. The first-order valence-electron chi connectivity index (χ1n) is 11.8. The van der Waals surface area contributed by atoms with Gasteiger partial charge in [-0.3, -0.25) is 0 Å². The fourth-order valence-corrected chi connectivity index (χ4v) is 4.98. The van der Waals surface area contributed by atoms with Crippen LogP contribution in [0.5, 0.6) is 0 Å². The molecule has 0 aromatic heterocycles. The van der Waals surface area contributed by atoms with Crippen molar-refractivity contribution in [2.75, 3.05) is 13.2 Å². The Hall–Kier alpha value is 0.0169. The predicted octanol–water partition coefficient (Wildman–Crippen LogP) is 5.39. The molecule has 6 heteroatoms. The SMILES string of the molecule is C[C@H](CCCCCCC[C@H](O)CC(O)CC1OCCCO1)O[Si](C)(C)C(C)(C)C. The summed E-state index contributed by atoms with van der Waals surface area (Å²) in [5.41, 5.74) is 0. The van der Waals surface area contributed by atoms with E-state index in [1.165, 1.54) is 19.3 Å². The maximum Gasteiger partial charge on any atom is 0.192 e. The van der Waals surface area contributed by atoms with E-state index in [4.69, 9.17) is 13.9 Å². The maximum absolute atomic E-state index is 10.1. The molecule has 29 heavy (non-hydrogen) atoms. The summed E-state index contributed by atoms with van der Waals surface area (Å²) in [7, 11) is -1.65. The Kier molecular flexibility index (Phi) is 12.5. The van der Waals surface area contributed by atoms with Crippen molar-refractivity contribution in [1.82, 2.24) is 0 Å². The summed E-state index contributed by atoms with van der Waals surface area (Å²) < 4.78 is 17.3. The molecule has 1 aliphatic heterocycles. The summed E-state index contributed by atoms with van der Waals surface area (Å²) in [5, 5.41) is 20.5. The molecule has 0 radical (unpaired) electrons. The van der Waals surface area contributed by atoms with Gasteiger partial charge >= 0.3 is 0 Å². The Balaban J connectivity index is 2.01. The number of aliphatic hydroxyl groups is 2. The third-order valence-electron chi connectivity index (χ3n) is 6.35. The average Bonchev–Trinajstić information content (AvgIpc) is 2.60. The van der Waals surface area contributed by atoms with E-state index in [0.717, 1.165) is 32.1 Å². The lowest BCUT2D eigenvalue weighted by molar-refractivity contribution is -0.192. The molecule has 0 amide bonds. The van der Waals surface area contributed by atoms with Crippen molar-refractivity contribution < 1.29 is 24.1 Å². The third kappa shape index (κ3) is 11.8. The monoisotopic (exact) mass is 432 g/mol. The van der Waals surface area contributed by atoms with Crippen molar-refractivity contribution in [2.45, 2.75) is 135 Å². The lowest BCUT2D eigenvalue weighted by Crippen LogP contribution is -2.43. The maximum atomic E-state index is 10.1. The standard InChI is InChI=1S/C23H48O5Si/c1-19(28-29(5,6)23(2,3)4)13-10-8-7-9-11-14-20(24)17-21(25)18-22-26-15-12-16-27-22/h19-22,24-25H,7-18H2,1-6H3/t19-,20+,21?/m1/s1. The first-order chi connectivity index (χ1) is 13.5. The van der Waals surface area contributed by atoms with Gasteiger partial charge in [0.15, 0.2) is 14.6 Å². The van der Waals surface area contributed by atoms with E-state index < -0.39 is 20.5 Å². The van der Waals surface area contributed by atoms with E-state index >= 15 is 0 Å². The number of hydrogen-bond donors (Lipinski definition) is 2. The largest absolute Gasteiger partial charge is 0.414 e.